The maximum Gasteiger partial charge on any atom is 0.258 e. The van der Waals surface area contributed by atoms with E-state index in [1.807, 2.05) is 6.92 Å². The number of hydrogen-bond donors (Lipinski definition) is 2. The van der Waals surface area contributed by atoms with Crippen LogP contribution in [0.3, 0.4) is 0 Å². The van der Waals surface area contributed by atoms with E-state index in [0.29, 0.717) is 0 Å². The summed E-state index contributed by atoms with van der Waals surface area (Å²) in [5.74, 6) is -0.510. The van der Waals surface area contributed by atoms with E-state index < -0.39 is 38.1 Å². The molecule has 3 atom stereocenters. The van der Waals surface area contributed by atoms with Crippen LogP contribution in [0.5, 0.6) is 5.75 Å². The summed E-state index contributed by atoms with van der Waals surface area (Å²) in [6, 6.07) is 11.9. The van der Waals surface area contributed by atoms with Gasteiger partial charge in [-0.2, -0.15) is 4.31 Å². The molecule has 0 bridgehead atoms. The summed E-state index contributed by atoms with van der Waals surface area (Å²) in [6.45, 7) is 3.49. The highest BCUT2D eigenvalue weighted by Gasteiger charge is 2.35. The van der Waals surface area contributed by atoms with Crippen molar-refractivity contribution in [2.75, 3.05) is 37.7 Å². The Morgan fingerprint density at radius 1 is 1.17 bits per heavy atom. The zero-order valence-electron chi connectivity index (χ0n) is 20.1. The standard InChI is InChI=1S/C23H31N3O7S2/c1-16-13-26(17(2)15-27)23(28)20-12-18(24-34(4,29)30)10-11-21(20)33-22(16)14-25(3)35(31,32)19-8-6-5-7-9-19/h5-12,16-17,22,24,27H,13-15H2,1-4H3/t16-,17-,22+/m0/s1. The average molecular weight is 526 g/mol. The van der Waals surface area contributed by atoms with Gasteiger partial charge in [-0.25, -0.2) is 16.8 Å². The molecule has 0 unspecified atom stereocenters. The highest BCUT2D eigenvalue weighted by atomic mass is 32.2. The van der Waals surface area contributed by atoms with Crippen molar-refractivity contribution < 1.29 is 31.5 Å². The van der Waals surface area contributed by atoms with Gasteiger partial charge in [0.1, 0.15) is 11.9 Å². The summed E-state index contributed by atoms with van der Waals surface area (Å²) < 4.78 is 59.2. The van der Waals surface area contributed by atoms with Crippen molar-refractivity contribution in [1.29, 1.82) is 0 Å². The Hall–Kier alpha value is -2.67. The number of carbonyl (C=O) groups excluding carboxylic acids is 1. The maximum atomic E-state index is 13.4. The summed E-state index contributed by atoms with van der Waals surface area (Å²) in [6.07, 6.45) is 0.371. The number of benzene rings is 2. The molecular weight excluding hydrogens is 494 g/mol. The monoisotopic (exact) mass is 525 g/mol. The van der Waals surface area contributed by atoms with Crippen molar-refractivity contribution in [3.63, 3.8) is 0 Å². The molecular formula is C23H31N3O7S2. The summed E-state index contributed by atoms with van der Waals surface area (Å²) in [5, 5.41) is 9.75. The molecule has 1 amide bonds. The van der Waals surface area contributed by atoms with Crippen LogP contribution in [0.4, 0.5) is 5.69 Å². The van der Waals surface area contributed by atoms with Gasteiger partial charge in [-0.3, -0.25) is 9.52 Å². The van der Waals surface area contributed by atoms with E-state index >= 15 is 0 Å². The molecule has 2 aromatic rings. The predicted molar refractivity (Wildman–Crippen MR) is 132 cm³/mol. The lowest BCUT2D eigenvalue weighted by molar-refractivity contribution is 0.0387. The van der Waals surface area contributed by atoms with Crippen molar-refractivity contribution in [1.82, 2.24) is 9.21 Å². The normalized spacial score (nSPS) is 19.9. The molecule has 12 heteroatoms. The van der Waals surface area contributed by atoms with Crippen molar-refractivity contribution in [3.8, 4) is 5.75 Å². The van der Waals surface area contributed by atoms with Crippen LogP contribution in [0, 0.1) is 5.92 Å². The molecule has 3 rings (SSSR count). The number of likely N-dealkylation sites (N-methyl/N-ethyl adjacent to an activating group) is 1. The van der Waals surface area contributed by atoms with Crippen LogP contribution < -0.4 is 9.46 Å². The van der Waals surface area contributed by atoms with Crippen LogP contribution in [-0.4, -0.2) is 82.2 Å². The first-order chi connectivity index (χ1) is 16.3. The second-order valence-corrected chi connectivity index (χ2v) is 12.6. The number of hydrogen-bond acceptors (Lipinski definition) is 7. The molecule has 35 heavy (non-hydrogen) atoms. The summed E-state index contributed by atoms with van der Waals surface area (Å²) in [7, 11) is -5.89. The summed E-state index contributed by atoms with van der Waals surface area (Å²) in [5.41, 5.74) is 0.304. The zero-order valence-corrected chi connectivity index (χ0v) is 21.7. The van der Waals surface area contributed by atoms with Gasteiger partial charge < -0.3 is 14.7 Å². The average Bonchev–Trinajstić information content (AvgIpc) is 2.80. The number of aliphatic hydroxyl groups is 1. The van der Waals surface area contributed by atoms with Gasteiger partial charge in [0, 0.05) is 25.2 Å². The third-order valence-corrected chi connectivity index (χ3v) is 8.30. The van der Waals surface area contributed by atoms with Gasteiger partial charge in [0.25, 0.3) is 5.91 Å². The number of amides is 1. The number of nitrogens with zero attached hydrogens (tertiary/aromatic N) is 2. The number of nitrogens with one attached hydrogen (secondary N) is 1. The van der Waals surface area contributed by atoms with E-state index in [0.717, 1.165) is 6.26 Å². The first-order valence-electron chi connectivity index (χ1n) is 11.0. The Balaban J connectivity index is 1.99. The molecule has 10 nitrogen and oxygen atoms in total. The van der Waals surface area contributed by atoms with E-state index in [4.69, 9.17) is 4.74 Å². The largest absolute Gasteiger partial charge is 0.488 e. The van der Waals surface area contributed by atoms with E-state index in [2.05, 4.69) is 4.72 Å². The minimum Gasteiger partial charge on any atom is -0.488 e. The molecule has 1 aliphatic heterocycles. The lowest BCUT2D eigenvalue weighted by atomic mass is 9.99. The van der Waals surface area contributed by atoms with Crippen LogP contribution in [-0.2, 0) is 20.0 Å². The molecule has 0 saturated heterocycles. The number of rotatable bonds is 8. The fraction of sp³-hybridized carbons (Fsp3) is 0.435. The molecule has 1 aliphatic rings. The minimum atomic E-state index is -3.78. The first kappa shape index (κ1) is 26.9. The Morgan fingerprint density at radius 3 is 2.43 bits per heavy atom. The SMILES string of the molecule is C[C@H]1CN([C@@H](C)CO)C(=O)c2cc(NS(C)(=O)=O)ccc2O[C@@H]1CN(C)S(=O)(=O)c1ccccc1. The second kappa shape index (κ2) is 10.5. The number of carbonyl (C=O) groups is 1. The number of ether oxygens (including phenoxy) is 1. The molecule has 0 saturated carbocycles. The third-order valence-electron chi connectivity index (χ3n) is 5.86. The zero-order chi connectivity index (χ0) is 26.0. The van der Waals surface area contributed by atoms with Gasteiger partial charge in [-0.05, 0) is 37.3 Å². The molecule has 0 radical (unpaired) electrons. The fourth-order valence-electron chi connectivity index (χ4n) is 3.84. The number of sulfonamides is 2. The highest BCUT2D eigenvalue weighted by Crippen LogP contribution is 2.31. The Kier molecular flexibility index (Phi) is 8.10. The van der Waals surface area contributed by atoms with Crippen LogP contribution in [0.15, 0.2) is 53.4 Å². The van der Waals surface area contributed by atoms with E-state index in [1.165, 1.54) is 46.6 Å². The van der Waals surface area contributed by atoms with Crippen LogP contribution in [0.25, 0.3) is 0 Å². The van der Waals surface area contributed by atoms with Gasteiger partial charge >= 0.3 is 0 Å². The topological polar surface area (TPSA) is 133 Å². The number of aliphatic hydroxyl groups excluding tert-OH is 1. The van der Waals surface area contributed by atoms with Gasteiger partial charge in [0.2, 0.25) is 20.0 Å². The molecule has 0 aromatic heterocycles. The number of anilines is 1. The van der Waals surface area contributed by atoms with Crippen molar-refractivity contribution in [2.45, 2.75) is 30.9 Å². The molecule has 0 aliphatic carbocycles. The van der Waals surface area contributed by atoms with Gasteiger partial charge in [-0.1, -0.05) is 25.1 Å². The second-order valence-electron chi connectivity index (χ2n) is 8.81. The Bertz CT molecular complexity index is 1270. The van der Waals surface area contributed by atoms with Crippen molar-refractivity contribution in [2.24, 2.45) is 5.92 Å². The fourth-order valence-corrected chi connectivity index (χ4v) is 5.60. The lowest BCUT2D eigenvalue weighted by Gasteiger charge is -2.38. The molecule has 0 fully saturated rings. The first-order valence-corrected chi connectivity index (χ1v) is 14.4. The minimum absolute atomic E-state index is 0.0106. The van der Waals surface area contributed by atoms with E-state index in [-0.39, 0.29) is 47.5 Å². The van der Waals surface area contributed by atoms with E-state index in [9.17, 15) is 26.7 Å². The van der Waals surface area contributed by atoms with Crippen molar-refractivity contribution >= 4 is 31.6 Å². The van der Waals surface area contributed by atoms with Gasteiger partial charge in [0.15, 0.2) is 0 Å². The molecule has 2 aromatic carbocycles. The molecule has 192 valence electrons. The smallest absolute Gasteiger partial charge is 0.258 e. The highest BCUT2D eigenvalue weighted by molar-refractivity contribution is 7.92. The van der Waals surface area contributed by atoms with E-state index in [1.54, 1.807) is 25.1 Å². The van der Waals surface area contributed by atoms with Crippen LogP contribution >= 0.6 is 0 Å². The Labute approximate surface area is 206 Å². The van der Waals surface area contributed by atoms with Crippen LogP contribution in [0.2, 0.25) is 0 Å². The van der Waals surface area contributed by atoms with Gasteiger partial charge in [0.05, 0.1) is 35.9 Å². The lowest BCUT2D eigenvalue weighted by Crippen LogP contribution is -2.50. The summed E-state index contributed by atoms with van der Waals surface area (Å²) >= 11 is 0. The summed E-state index contributed by atoms with van der Waals surface area (Å²) in [4.78, 5) is 15.0. The molecule has 1 heterocycles. The maximum absolute atomic E-state index is 13.4. The van der Waals surface area contributed by atoms with Crippen LogP contribution in [0.1, 0.15) is 24.2 Å². The quantitative estimate of drug-likeness (QED) is 0.535. The van der Waals surface area contributed by atoms with Gasteiger partial charge in [-0.15, -0.1) is 0 Å². The number of fused-ring (bicyclic) bond motifs is 1. The Morgan fingerprint density at radius 2 is 1.83 bits per heavy atom. The third kappa shape index (κ3) is 6.31. The van der Waals surface area contributed by atoms with Crippen molar-refractivity contribution in [3.05, 3.63) is 54.1 Å². The molecule has 0 spiro atoms. The predicted octanol–water partition coefficient (Wildman–Crippen LogP) is 1.60. The molecule has 2 N–H and O–H groups in total.